The minimum atomic E-state index is -1.00. The zero-order chi connectivity index (χ0) is 16.2. The van der Waals surface area contributed by atoms with Crippen LogP contribution in [0.3, 0.4) is 0 Å². The van der Waals surface area contributed by atoms with Gasteiger partial charge in [0, 0.05) is 18.9 Å². The number of carbonyl (C=O) groups is 1. The Labute approximate surface area is 132 Å². The van der Waals surface area contributed by atoms with Crippen molar-refractivity contribution < 1.29 is 19.7 Å². The van der Waals surface area contributed by atoms with E-state index in [1.807, 2.05) is 0 Å². The van der Waals surface area contributed by atoms with Crippen LogP contribution in [0, 0.1) is 35.0 Å². The number of cyclic esters (lactones) is 1. The highest BCUT2D eigenvalue weighted by atomic mass is 16.6. The molecule has 0 spiro atoms. The van der Waals surface area contributed by atoms with Crippen molar-refractivity contribution in [3.05, 3.63) is 12.2 Å². The Morgan fingerprint density at radius 1 is 1.45 bits per heavy atom. The molecule has 4 heteroatoms. The molecule has 0 amide bonds. The molecule has 7 atom stereocenters. The third-order valence-corrected chi connectivity index (χ3v) is 6.77. The smallest absolute Gasteiger partial charge is 0.335 e. The van der Waals surface area contributed by atoms with E-state index in [-0.39, 0.29) is 30.0 Å². The predicted octanol–water partition coefficient (Wildman–Crippen LogP) is 2.15. The molecule has 0 aromatic carbocycles. The van der Waals surface area contributed by atoms with Crippen LogP contribution >= 0.6 is 0 Å². The lowest BCUT2D eigenvalue weighted by molar-refractivity contribution is -0.149. The van der Waals surface area contributed by atoms with Crippen LogP contribution < -0.4 is 0 Å². The topological polar surface area (TPSA) is 66.8 Å². The second kappa shape index (κ2) is 5.34. The fraction of sp³-hybridized carbons (Fsp3) is 0.833. The average Bonchev–Trinajstić information content (AvgIpc) is 2.83. The van der Waals surface area contributed by atoms with Crippen molar-refractivity contribution in [1.82, 2.24) is 0 Å². The molecule has 1 heterocycles. The SMILES string of the molecule is C=C1C([C@@H]2C[C@@H](O)C(=O)O2)[C@H]2[C@@H](C(C)C)CC[C@]1(C)[C@H]2CO. The number of esters is 1. The minimum absolute atomic E-state index is 0.0677. The highest BCUT2D eigenvalue weighted by Gasteiger charge is 2.61. The molecule has 4 nitrogen and oxygen atoms in total. The summed E-state index contributed by atoms with van der Waals surface area (Å²) in [4.78, 5) is 11.6. The van der Waals surface area contributed by atoms with Gasteiger partial charge in [0.25, 0.3) is 0 Å². The van der Waals surface area contributed by atoms with Gasteiger partial charge in [0.15, 0.2) is 6.10 Å². The van der Waals surface area contributed by atoms with Gasteiger partial charge in [-0.25, -0.2) is 4.79 Å². The van der Waals surface area contributed by atoms with E-state index in [2.05, 4.69) is 27.4 Å². The lowest BCUT2D eigenvalue weighted by Crippen LogP contribution is -2.41. The zero-order valence-electron chi connectivity index (χ0n) is 13.8. The lowest BCUT2D eigenvalue weighted by atomic mass is 9.61. The first-order valence-electron chi connectivity index (χ1n) is 8.50. The Bertz CT molecular complexity index is 485. The summed E-state index contributed by atoms with van der Waals surface area (Å²) in [5.41, 5.74) is 1.04. The predicted molar refractivity (Wildman–Crippen MR) is 82.9 cm³/mol. The van der Waals surface area contributed by atoms with E-state index in [0.29, 0.717) is 24.2 Å². The molecule has 3 rings (SSSR count). The van der Waals surface area contributed by atoms with Gasteiger partial charge < -0.3 is 14.9 Å². The molecular formula is C18H28O4. The largest absolute Gasteiger partial charge is 0.460 e. The summed E-state index contributed by atoms with van der Waals surface area (Å²) in [6.45, 7) is 11.2. The Morgan fingerprint density at radius 2 is 2.14 bits per heavy atom. The molecule has 2 bridgehead atoms. The molecule has 1 unspecified atom stereocenters. The molecule has 3 aliphatic rings. The van der Waals surface area contributed by atoms with Crippen LogP contribution in [-0.2, 0) is 9.53 Å². The molecule has 0 aromatic heterocycles. The molecule has 124 valence electrons. The van der Waals surface area contributed by atoms with Gasteiger partial charge in [-0.15, -0.1) is 0 Å². The number of fused-ring (bicyclic) bond motifs is 2. The van der Waals surface area contributed by atoms with Gasteiger partial charge >= 0.3 is 5.97 Å². The van der Waals surface area contributed by atoms with E-state index in [1.54, 1.807) is 0 Å². The first kappa shape index (κ1) is 16.0. The van der Waals surface area contributed by atoms with E-state index < -0.39 is 12.1 Å². The van der Waals surface area contributed by atoms with Gasteiger partial charge in [0.05, 0.1) is 0 Å². The number of aliphatic hydroxyl groups excluding tert-OH is 2. The molecule has 0 aromatic rings. The molecule has 1 saturated heterocycles. The molecule has 2 aliphatic carbocycles. The monoisotopic (exact) mass is 308 g/mol. The summed E-state index contributed by atoms with van der Waals surface area (Å²) in [5, 5.41) is 19.8. The number of ether oxygens (including phenoxy) is 1. The molecule has 0 radical (unpaired) electrons. The van der Waals surface area contributed by atoms with Crippen molar-refractivity contribution in [2.45, 2.75) is 52.2 Å². The summed E-state index contributed by atoms with van der Waals surface area (Å²) < 4.78 is 5.47. The van der Waals surface area contributed by atoms with Crippen LogP contribution in [0.15, 0.2) is 12.2 Å². The third kappa shape index (κ3) is 2.07. The number of rotatable bonds is 3. The van der Waals surface area contributed by atoms with Crippen molar-refractivity contribution >= 4 is 5.97 Å². The third-order valence-electron chi connectivity index (χ3n) is 6.77. The van der Waals surface area contributed by atoms with Crippen molar-refractivity contribution in [2.24, 2.45) is 35.0 Å². The maximum absolute atomic E-state index is 11.6. The fourth-order valence-corrected chi connectivity index (χ4v) is 5.48. The number of carbonyl (C=O) groups excluding carboxylic acids is 1. The maximum Gasteiger partial charge on any atom is 0.335 e. The zero-order valence-corrected chi connectivity index (χ0v) is 13.8. The van der Waals surface area contributed by atoms with E-state index in [4.69, 9.17) is 4.74 Å². The van der Waals surface area contributed by atoms with Crippen molar-refractivity contribution in [3.8, 4) is 0 Å². The Morgan fingerprint density at radius 3 is 2.64 bits per heavy atom. The minimum Gasteiger partial charge on any atom is -0.460 e. The first-order chi connectivity index (χ1) is 10.3. The van der Waals surface area contributed by atoms with Crippen LogP contribution in [0.4, 0.5) is 0 Å². The summed E-state index contributed by atoms with van der Waals surface area (Å²) in [7, 11) is 0. The Hall–Kier alpha value is -0.870. The standard InChI is InChI=1S/C18H28O4/c1-9(2)11-5-6-18(4)10(3)15(16(11)12(18)8-19)14-7-13(20)17(21)22-14/h9,11-16,19-20H,3,5-8H2,1-2,4H3/t11-,12+,13-,14+,15?,16+,18+/m1/s1. The lowest BCUT2D eigenvalue weighted by Gasteiger charge is -2.44. The van der Waals surface area contributed by atoms with Gasteiger partial charge in [-0.3, -0.25) is 0 Å². The van der Waals surface area contributed by atoms with Gasteiger partial charge in [-0.05, 0) is 41.9 Å². The summed E-state index contributed by atoms with van der Waals surface area (Å²) in [6.07, 6.45) is 1.24. The highest BCUT2D eigenvalue weighted by Crippen LogP contribution is 2.65. The fourth-order valence-electron chi connectivity index (χ4n) is 5.48. The van der Waals surface area contributed by atoms with Crippen LogP contribution in [0.2, 0.25) is 0 Å². The van der Waals surface area contributed by atoms with E-state index in [9.17, 15) is 15.0 Å². The number of aliphatic hydroxyl groups is 2. The van der Waals surface area contributed by atoms with Gasteiger partial charge in [-0.1, -0.05) is 32.9 Å². The second-order valence-corrected chi connectivity index (χ2v) is 8.01. The second-order valence-electron chi connectivity index (χ2n) is 8.01. The van der Waals surface area contributed by atoms with Crippen molar-refractivity contribution in [1.29, 1.82) is 0 Å². The normalized spacial score (nSPS) is 48.1. The van der Waals surface area contributed by atoms with Gasteiger partial charge in [-0.2, -0.15) is 0 Å². The van der Waals surface area contributed by atoms with Crippen LogP contribution in [0.1, 0.15) is 40.0 Å². The molecule has 1 aliphatic heterocycles. The average molecular weight is 308 g/mol. The van der Waals surface area contributed by atoms with E-state index in [1.165, 1.54) is 0 Å². The molecule has 2 saturated carbocycles. The van der Waals surface area contributed by atoms with E-state index >= 15 is 0 Å². The summed E-state index contributed by atoms with van der Waals surface area (Å²) >= 11 is 0. The highest BCUT2D eigenvalue weighted by molar-refractivity contribution is 5.76. The van der Waals surface area contributed by atoms with Crippen molar-refractivity contribution in [3.63, 3.8) is 0 Å². The molecular weight excluding hydrogens is 280 g/mol. The molecule has 22 heavy (non-hydrogen) atoms. The Balaban J connectivity index is 1.98. The molecule has 2 N–H and O–H groups in total. The maximum atomic E-state index is 11.6. The van der Waals surface area contributed by atoms with Crippen LogP contribution in [0.25, 0.3) is 0 Å². The van der Waals surface area contributed by atoms with Crippen LogP contribution in [0.5, 0.6) is 0 Å². The summed E-state index contributed by atoms with van der Waals surface area (Å²) in [5.74, 6) is 1.07. The van der Waals surface area contributed by atoms with E-state index in [0.717, 1.165) is 18.4 Å². The van der Waals surface area contributed by atoms with Gasteiger partial charge in [0.2, 0.25) is 0 Å². The molecule has 3 fully saturated rings. The number of hydrogen-bond acceptors (Lipinski definition) is 4. The van der Waals surface area contributed by atoms with Crippen molar-refractivity contribution in [2.75, 3.05) is 6.61 Å². The quantitative estimate of drug-likeness (QED) is 0.619. The van der Waals surface area contributed by atoms with Crippen LogP contribution in [-0.4, -0.2) is 35.0 Å². The first-order valence-corrected chi connectivity index (χ1v) is 8.50. The number of hydrogen-bond donors (Lipinski definition) is 2. The Kier molecular flexibility index (Phi) is 3.89. The van der Waals surface area contributed by atoms with Gasteiger partial charge in [0.1, 0.15) is 6.10 Å². The summed E-state index contributed by atoms with van der Waals surface area (Å²) in [6, 6.07) is 0.